The fraction of sp³-hybridized carbons (Fsp3) is 0.359. The number of halogens is 1. The number of hydrogen-bond donors (Lipinski definition) is 17. The van der Waals surface area contributed by atoms with E-state index in [4.69, 9.17) is 44.9 Å². The van der Waals surface area contributed by atoms with Gasteiger partial charge >= 0.3 is 0 Å². The summed E-state index contributed by atoms with van der Waals surface area (Å²) in [6.07, 6.45) is 17.8. The lowest BCUT2D eigenvalue weighted by atomic mass is 9.91. The van der Waals surface area contributed by atoms with E-state index in [2.05, 4.69) is 203 Å². The molecule has 7 heterocycles. The first-order valence-corrected chi connectivity index (χ1v) is 51.2. The molecule has 6 atom stereocenters. The van der Waals surface area contributed by atoms with Gasteiger partial charge in [0.1, 0.15) is 40.0 Å². The quantitative estimate of drug-likeness (QED) is 0.0217. The third kappa shape index (κ3) is 27.5. The standard InChI is InChI=1S/2C26H32N4O.C23H26FN3O.C21H26N4O2.C21H26N4O/c2*1-17-2-4-18(5-3-17)19-6-7-20-15-25(29-24(20)14-19)26(31)28-22-12-13-30(16-22)23-10-8-21(27)9-11-23;1-14-2-6-17(7-3-14)18-8-9-19-20(11-18)27-22(21(19)24)23(28)26-13-16-5-4-15(10-16)12-25;1-14-4-7-17(8-5-14)27-18-9-6-15-11-20(25-19(15)12-18)21(26)24-13-16(23)3-2-10-22;1-14-4-6-15(7-5-14)16-8-9-17-12-20(25-19(17)11-16)21(26)24-13-18(23)3-2-10-22/h2*2-7,14-15,21-23,29H,8-13,16,27H2,1H3,(H,28,31);2-3,6-9,11,15-16,27H,4-5,10,12-13,25H2,1H3,(H,26,28);4-9,11-12,16,25H,2-3,10,13,22-23H2,1H3,(H,24,26);4-9,11-12,18,25H,2-3,10,13,22-23H2,1H3,(H,24,26)/t2*21?,22-,23?;15-,16+;16-;18-/m00100/s1. The first-order chi connectivity index (χ1) is 69.2. The Kier molecular flexibility index (Phi) is 34.8. The van der Waals surface area contributed by atoms with Gasteiger partial charge < -0.3 is 96.4 Å². The zero-order valence-electron chi connectivity index (χ0n) is 83.1. The Labute approximate surface area is 837 Å². The first-order valence-electron chi connectivity index (χ1n) is 51.2. The summed E-state index contributed by atoms with van der Waals surface area (Å²) in [5.41, 5.74) is 62.6. The number of carbonyl (C=O) groups is 5. The fourth-order valence-corrected chi connectivity index (χ4v) is 20.2. The number of benzene rings is 10. The van der Waals surface area contributed by atoms with Crippen molar-refractivity contribution in [3.05, 3.63) is 299 Å². The van der Waals surface area contributed by atoms with E-state index in [9.17, 15) is 28.4 Å². The summed E-state index contributed by atoms with van der Waals surface area (Å²) in [6, 6.07) is 81.5. The number of rotatable bonds is 28. The Balaban J connectivity index is 0.000000129. The highest BCUT2D eigenvalue weighted by Crippen LogP contribution is 2.36. The predicted octanol–water partition coefficient (Wildman–Crippen LogP) is 18.8. The SMILES string of the molecule is Cc1ccc(-c2ccc3c(F)c(C(=O)NC[C@H]4CC[C@@H](CN)C4)[nH]c3c2)cc1.Cc1ccc(-c2ccc3cc(C(=O)NC[C@@H](N)CCCN)[nH]c3c2)cc1.Cc1ccc(-c2ccc3cc(C(=O)N[C@H]4CCN(C5CCC(N)CC5)C4)[nH]c3c2)cc1.Cc1ccc(-c2ccc3cc(C(=O)N[C@H]4CCN(C5CCC(N)CC5)C4)[nH]c3c2)cc1.Cc1ccc(Oc2ccc3cc(C(=O)NC[C@@H](N)CCCN)[nH]c3c2)cc1. The van der Waals surface area contributed by atoms with Gasteiger partial charge in [0.15, 0.2) is 5.82 Å². The van der Waals surface area contributed by atoms with Crippen molar-refractivity contribution in [2.24, 2.45) is 52.0 Å². The van der Waals surface area contributed by atoms with Crippen LogP contribution in [0.25, 0.3) is 99.0 Å². The summed E-state index contributed by atoms with van der Waals surface area (Å²) >= 11 is 0. The monoisotopic (exact) mass is 1930 g/mol. The number of ether oxygens (including phenoxy) is 1. The van der Waals surface area contributed by atoms with Gasteiger partial charge in [-0.15, -0.1) is 0 Å². The van der Waals surface area contributed by atoms with Gasteiger partial charge in [-0.2, -0.15) is 0 Å². The van der Waals surface area contributed by atoms with E-state index in [-0.39, 0.29) is 59.4 Å². The van der Waals surface area contributed by atoms with Crippen LogP contribution < -0.4 is 71.5 Å². The number of carbonyl (C=O) groups excluding carboxylic acids is 5. The molecule has 26 heteroatoms. The van der Waals surface area contributed by atoms with Gasteiger partial charge in [-0.05, 0) is 299 Å². The highest BCUT2D eigenvalue weighted by atomic mass is 19.1. The molecule has 10 aromatic carbocycles. The molecule has 0 spiro atoms. The van der Waals surface area contributed by atoms with Crippen LogP contribution in [0.5, 0.6) is 11.5 Å². The maximum atomic E-state index is 14.8. The van der Waals surface area contributed by atoms with Crippen LogP contribution in [0.4, 0.5) is 4.39 Å². The summed E-state index contributed by atoms with van der Waals surface area (Å²) in [7, 11) is 0. The molecular weight excluding hydrogens is 1790 g/mol. The van der Waals surface area contributed by atoms with E-state index in [0.717, 1.165) is 192 Å². The van der Waals surface area contributed by atoms with E-state index < -0.39 is 5.82 Å². The van der Waals surface area contributed by atoms with Crippen molar-refractivity contribution in [3.63, 3.8) is 0 Å². The second-order valence-electron chi connectivity index (χ2n) is 40.2. The summed E-state index contributed by atoms with van der Waals surface area (Å²) in [6.45, 7) is 17.7. The van der Waals surface area contributed by atoms with Crippen LogP contribution in [0.1, 0.15) is 189 Å². The van der Waals surface area contributed by atoms with Gasteiger partial charge in [-0.25, -0.2) is 4.39 Å². The van der Waals surface area contributed by atoms with Crippen molar-refractivity contribution in [3.8, 4) is 56.0 Å². The smallest absolute Gasteiger partial charge is 0.270 e. The first kappa shape index (κ1) is 103. The number of nitrogens with zero attached hydrogens (tertiary/aromatic N) is 2. The van der Waals surface area contributed by atoms with Crippen LogP contribution >= 0.6 is 0 Å². The lowest BCUT2D eigenvalue weighted by Gasteiger charge is -2.33. The normalized spacial score (nSPS) is 18.9. The van der Waals surface area contributed by atoms with Gasteiger partial charge in [0.25, 0.3) is 29.5 Å². The maximum Gasteiger partial charge on any atom is 0.270 e. The van der Waals surface area contributed by atoms with E-state index in [1.807, 2.05) is 123 Å². The molecule has 15 aromatic rings. The zero-order valence-corrected chi connectivity index (χ0v) is 83.1. The second-order valence-corrected chi connectivity index (χ2v) is 40.2. The van der Waals surface area contributed by atoms with Crippen molar-refractivity contribution < 1.29 is 33.1 Å². The molecule has 2 aliphatic heterocycles. The molecule has 24 N–H and O–H groups in total. The van der Waals surface area contributed by atoms with Gasteiger partial charge in [0, 0.05) is 155 Å². The van der Waals surface area contributed by atoms with Crippen LogP contribution in [0, 0.1) is 52.3 Å². The van der Waals surface area contributed by atoms with Crippen molar-refractivity contribution >= 4 is 84.1 Å². The molecule has 143 heavy (non-hydrogen) atoms. The average molecular weight is 1930 g/mol. The molecule has 2 saturated heterocycles. The highest BCUT2D eigenvalue weighted by molar-refractivity contribution is 6.03. The third-order valence-electron chi connectivity index (χ3n) is 29.0. The van der Waals surface area contributed by atoms with E-state index in [1.54, 1.807) is 6.07 Å². The molecule has 20 rings (SSSR count). The molecule has 5 aromatic heterocycles. The van der Waals surface area contributed by atoms with E-state index >= 15 is 0 Å². The molecule has 3 saturated carbocycles. The van der Waals surface area contributed by atoms with Crippen molar-refractivity contribution in [2.45, 2.75) is 192 Å². The van der Waals surface area contributed by atoms with E-state index in [0.29, 0.717) is 115 Å². The highest BCUT2D eigenvalue weighted by Gasteiger charge is 2.35. The number of aromatic amines is 5. The number of H-pyrrole nitrogens is 5. The summed E-state index contributed by atoms with van der Waals surface area (Å²) in [5, 5.41) is 19.7. The number of nitrogens with two attached hydrogens (primary N) is 7. The van der Waals surface area contributed by atoms with Crippen LogP contribution in [-0.4, -0.2) is 178 Å². The lowest BCUT2D eigenvalue weighted by Crippen LogP contribution is -2.42. The number of aromatic nitrogens is 5. The molecule has 5 fully saturated rings. The van der Waals surface area contributed by atoms with Crippen LogP contribution in [-0.2, 0) is 0 Å². The zero-order chi connectivity index (χ0) is 100. The van der Waals surface area contributed by atoms with Crippen molar-refractivity contribution in [1.29, 1.82) is 0 Å². The summed E-state index contributed by atoms with van der Waals surface area (Å²) in [5.74, 6) is 1.26. The molecular formula is C117H142FN19O6. The van der Waals surface area contributed by atoms with Crippen LogP contribution in [0.2, 0.25) is 0 Å². The maximum absolute atomic E-state index is 14.8. The number of amides is 5. The van der Waals surface area contributed by atoms with E-state index in [1.165, 1.54) is 64.6 Å². The van der Waals surface area contributed by atoms with Crippen LogP contribution in [0.15, 0.2) is 237 Å². The Bertz CT molecular complexity index is 6610. The van der Waals surface area contributed by atoms with Crippen LogP contribution in [0.3, 0.4) is 0 Å². The minimum Gasteiger partial charge on any atom is -0.457 e. The molecule has 5 aliphatic rings. The number of fused-ring (bicyclic) bond motifs is 5. The van der Waals surface area contributed by atoms with Gasteiger partial charge in [-0.1, -0.05) is 179 Å². The number of hydrogen-bond acceptors (Lipinski definition) is 15. The fourth-order valence-electron chi connectivity index (χ4n) is 20.2. The minimum absolute atomic E-state index is 0.00410. The Morgan fingerprint density at radius 3 is 1.10 bits per heavy atom. The van der Waals surface area contributed by atoms with Gasteiger partial charge in [0.05, 0.1) is 0 Å². The second kappa shape index (κ2) is 48.6. The van der Waals surface area contributed by atoms with Crippen molar-refractivity contribution in [2.75, 3.05) is 65.4 Å². The predicted molar refractivity (Wildman–Crippen MR) is 578 cm³/mol. The van der Waals surface area contributed by atoms with Crippen molar-refractivity contribution in [1.82, 2.24) is 61.3 Å². The molecule has 0 bridgehead atoms. The molecule has 0 radical (unpaired) electrons. The topological polar surface area (TPSA) is 422 Å². The number of aryl methyl sites for hydroxylation is 5. The molecule has 5 amide bonds. The lowest BCUT2D eigenvalue weighted by molar-refractivity contribution is 0.0922. The Morgan fingerprint density at radius 2 is 0.713 bits per heavy atom. The third-order valence-corrected chi connectivity index (χ3v) is 29.0. The minimum atomic E-state index is -0.491. The number of likely N-dealkylation sites (tertiary alicyclic amines) is 2. The van der Waals surface area contributed by atoms with Gasteiger partial charge in [0.2, 0.25) is 0 Å². The molecule has 3 aliphatic carbocycles. The molecule has 25 nitrogen and oxygen atoms in total. The molecule has 0 unspecified atom stereocenters. The largest absolute Gasteiger partial charge is 0.457 e. The molecule has 748 valence electrons. The Morgan fingerprint density at radius 1 is 0.371 bits per heavy atom. The summed E-state index contributed by atoms with van der Waals surface area (Å²) in [4.78, 5) is 84.2. The summed E-state index contributed by atoms with van der Waals surface area (Å²) < 4.78 is 20.7. The average Bonchev–Trinajstić information content (AvgIpc) is 1.63. The Hall–Kier alpha value is -13.4. The number of nitrogens with one attached hydrogen (secondary N) is 10. The van der Waals surface area contributed by atoms with Gasteiger partial charge in [-0.3, -0.25) is 33.8 Å².